The summed E-state index contributed by atoms with van der Waals surface area (Å²) >= 11 is 3.37. The molecule has 0 atom stereocenters. The molecule has 7 heteroatoms. The van der Waals surface area contributed by atoms with Crippen LogP contribution in [0.1, 0.15) is 5.56 Å². The summed E-state index contributed by atoms with van der Waals surface area (Å²) in [4.78, 5) is 2.52. The fraction of sp³-hybridized carbons (Fsp3) is 0.571. The molecular formula is C14H21BrN2O3S. The summed E-state index contributed by atoms with van der Waals surface area (Å²) in [6.07, 6.45) is 0.894. The summed E-state index contributed by atoms with van der Waals surface area (Å²) in [6, 6.07) is 7.04. The van der Waals surface area contributed by atoms with E-state index in [0.29, 0.717) is 18.0 Å². The van der Waals surface area contributed by atoms with Crippen molar-refractivity contribution < 1.29 is 13.2 Å². The number of aryl methyl sites for hydroxylation is 1. The second-order valence-electron chi connectivity index (χ2n) is 4.93. The molecule has 2 rings (SSSR count). The Hall–Kier alpha value is -0.470. The van der Waals surface area contributed by atoms with Crippen LogP contribution >= 0.6 is 15.9 Å². The average Bonchev–Trinajstić information content (AvgIpc) is 2.49. The van der Waals surface area contributed by atoms with Crippen molar-refractivity contribution in [1.29, 1.82) is 0 Å². The van der Waals surface area contributed by atoms with E-state index >= 15 is 0 Å². The molecule has 0 saturated carbocycles. The quantitative estimate of drug-likeness (QED) is 0.727. The first kappa shape index (κ1) is 16.9. The molecule has 0 aliphatic carbocycles. The number of benzene rings is 1. The predicted molar refractivity (Wildman–Crippen MR) is 86.4 cm³/mol. The number of sulfonamides is 1. The van der Waals surface area contributed by atoms with Gasteiger partial charge >= 0.3 is 0 Å². The minimum atomic E-state index is -3.41. The van der Waals surface area contributed by atoms with Gasteiger partial charge in [0.1, 0.15) is 0 Å². The SMILES string of the molecule is O=S(=O)(NCCN1CCOCC1)c1ccc(CCBr)cc1. The van der Waals surface area contributed by atoms with Gasteiger partial charge in [-0.25, -0.2) is 13.1 Å². The van der Waals surface area contributed by atoms with Crippen LogP contribution in [0.2, 0.25) is 0 Å². The molecule has 0 amide bonds. The van der Waals surface area contributed by atoms with E-state index in [1.807, 2.05) is 12.1 Å². The third-order valence-corrected chi connectivity index (χ3v) is 5.31. The van der Waals surface area contributed by atoms with E-state index in [2.05, 4.69) is 25.6 Å². The van der Waals surface area contributed by atoms with E-state index in [9.17, 15) is 8.42 Å². The zero-order valence-electron chi connectivity index (χ0n) is 11.9. The molecule has 0 aromatic heterocycles. The number of hydrogen-bond donors (Lipinski definition) is 1. The van der Waals surface area contributed by atoms with Crippen molar-refractivity contribution in [2.24, 2.45) is 0 Å². The van der Waals surface area contributed by atoms with Crippen molar-refractivity contribution in [3.05, 3.63) is 29.8 Å². The van der Waals surface area contributed by atoms with E-state index in [0.717, 1.165) is 43.6 Å². The highest BCUT2D eigenvalue weighted by Crippen LogP contribution is 2.11. The first-order valence-electron chi connectivity index (χ1n) is 7.06. The lowest BCUT2D eigenvalue weighted by atomic mass is 10.2. The molecule has 0 unspecified atom stereocenters. The minimum absolute atomic E-state index is 0.322. The van der Waals surface area contributed by atoms with E-state index < -0.39 is 10.0 Å². The minimum Gasteiger partial charge on any atom is -0.379 e. The number of nitrogens with one attached hydrogen (secondary N) is 1. The molecule has 0 spiro atoms. The van der Waals surface area contributed by atoms with Crippen molar-refractivity contribution in [2.45, 2.75) is 11.3 Å². The zero-order valence-corrected chi connectivity index (χ0v) is 14.3. The zero-order chi connectivity index (χ0) is 15.1. The van der Waals surface area contributed by atoms with Gasteiger partial charge in [0.15, 0.2) is 0 Å². The van der Waals surface area contributed by atoms with Crippen LogP contribution < -0.4 is 4.72 Å². The summed E-state index contributed by atoms with van der Waals surface area (Å²) in [5, 5.41) is 0.872. The molecule has 5 nitrogen and oxygen atoms in total. The highest BCUT2D eigenvalue weighted by atomic mass is 79.9. The van der Waals surface area contributed by atoms with Gasteiger partial charge in [0.25, 0.3) is 0 Å². The largest absolute Gasteiger partial charge is 0.379 e. The summed E-state index contributed by atoms with van der Waals surface area (Å²) in [5.74, 6) is 0. The van der Waals surface area contributed by atoms with Crippen LogP contribution in [0.15, 0.2) is 29.2 Å². The monoisotopic (exact) mass is 376 g/mol. The fourth-order valence-corrected chi connectivity index (χ4v) is 3.67. The average molecular weight is 377 g/mol. The lowest BCUT2D eigenvalue weighted by Crippen LogP contribution is -2.41. The van der Waals surface area contributed by atoms with Crippen LogP contribution in [0.4, 0.5) is 0 Å². The maximum Gasteiger partial charge on any atom is 0.240 e. The molecule has 21 heavy (non-hydrogen) atoms. The Bertz CT molecular complexity index is 528. The van der Waals surface area contributed by atoms with Gasteiger partial charge in [-0.3, -0.25) is 4.90 Å². The van der Waals surface area contributed by atoms with Gasteiger partial charge in [-0.15, -0.1) is 0 Å². The van der Waals surface area contributed by atoms with Crippen molar-refractivity contribution >= 4 is 26.0 Å². The Morgan fingerprint density at radius 2 is 1.86 bits per heavy atom. The molecule has 1 aliphatic rings. The number of ether oxygens (including phenoxy) is 1. The highest BCUT2D eigenvalue weighted by Gasteiger charge is 2.15. The van der Waals surface area contributed by atoms with Crippen molar-refractivity contribution in [1.82, 2.24) is 9.62 Å². The van der Waals surface area contributed by atoms with Crippen LogP contribution in [-0.4, -0.2) is 58.0 Å². The van der Waals surface area contributed by atoms with E-state index in [-0.39, 0.29) is 0 Å². The molecule has 1 aliphatic heterocycles. The smallest absolute Gasteiger partial charge is 0.240 e. The Morgan fingerprint density at radius 3 is 2.48 bits per heavy atom. The van der Waals surface area contributed by atoms with Crippen LogP contribution in [0, 0.1) is 0 Å². The lowest BCUT2D eigenvalue weighted by Gasteiger charge is -2.26. The molecule has 118 valence electrons. The Morgan fingerprint density at radius 1 is 1.19 bits per heavy atom. The Labute approximate surface area is 134 Å². The van der Waals surface area contributed by atoms with Crippen molar-refractivity contribution in [2.75, 3.05) is 44.7 Å². The molecular weight excluding hydrogens is 356 g/mol. The van der Waals surface area contributed by atoms with Crippen LogP contribution in [0.25, 0.3) is 0 Å². The molecule has 0 radical (unpaired) electrons. The third kappa shape index (κ3) is 5.34. The Balaban J connectivity index is 1.85. The molecule has 1 aromatic rings. The second kappa shape index (κ2) is 8.24. The summed E-state index contributed by atoms with van der Waals surface area (Å²) in [6.45, 7) is 4.31. The predicted octanol–water partition coefficient (Wildman–Crippen LogP) is 1.23. The summed E-state index contributed by atoms with van der Waals surface area (Å²) in [7, 11) is -3.41. The van der Waals surface area contributed by atoms with Gasteiger partial charge < -0.3 is 4.74 Å². The molecule has 1 heterocycles. The van der Waals surface area contributed by atoms with Gasteiger partial charge in [-0.05, 0) is 24.1 Å². The maximum absolute atomic E-state index is 12.2. The van der Waals surface area contributed by atoms with E-state index in [1.54, 1.807) is 12.1 Å². The number of nitrogens with zero attached hydrogens (tertiary/aromatic N) is 1. The first-order chi connectivity index (χ1) is 10.1. The fourth-order valence-electron chi connectivity index (χ4n) is 2.19. The van der Waals surface area contributed by atoms with Crippen molar-refractivity contribution in [3.63, 3.8) is 0 Å². The number of morpholine rings is 1. The highest BCUT2D eigenvalue weighted by molar-refractivity contribution is 9.09. The summed E-state index contributed by atoms with van der Waals surface area (Å²) in [5.41, 5.74) is 1.12. The second-order valence-corrected chi connectivity index (χ2v) is 7.49. The third-order valence-electron chi connectivity index (χ3n) is 3.44. The van der Waals surface area contributed by atoms with Gasteiger partial charge in [0, 0.05) is 31.5 Å². The normalized spacial score (nSPS) is 17.0. The first-order valence-corrected chi connectivity index (χ1v) is 9.67. The number of rotatable bonds is 7. The Kier molecular flexibility index (Phi) is 6.63. The van der Waals surface area contributed by atoms with Crippen LogP contribution in [0.5, 0.6) is 0 Å². The maximum atomic E-state index is 12.2. The topological polar surface area (TPSA) is 58.6 Å². The number of halogens is 1. The van der Waals surface area contributed by atoms with Crippen LogP contribution in [0.3, 0.4) is 0 Å². The number of hydrogen-bond acceptors (Lipinski definition) is 4. The van der Waals surface area contributed by atoms with E-state index in [1.165, 1.54) is 0 Å². The summed E-state index contributed by atoms with van der Waals surface area (Å²) < 4.78 is 32.3. The molecule has 0 bridgehead atoms. The molecule has 1 aromatic carbocycles. The van der Waals surface area contributed by atoms with E-state index in [4.69, 9.17) is 4.74 Å². The molecule has 1 fully saturated rings. The lowest BCUT2D eigenvalue weighted by molar-refractivity contribution is 0.0390. The molecule has 1 N–H and O–H groups in total. The standard InChI is InChI=1S/C14H21BrN2O3S/c15-6-5-13-1-3-14(4-2-13)21(18,19)16-7-8-17-9-11-20-12-10-17/h1-4,16H,5-12H2. The van der Waals surface area contributed by atoms with Crippen LogP contribution in [-0.2, 0) is 21.2 Å². The van der Waals surface area contributed by atoms with Gasteiger partial charge in [-0.2, -0.15) is 0 Å². The van der Waals surface area contributed by atoms with Crippen molar-refractivity contribution in [3.8, 4) is 0 Å². The molecule has 1 saturated heterocycles. The van der Waals surface area contributed by atoms with Gasteiger partial charge in [-0.1, -0.05) is 28.1 Å². The number of alkyl halides is 1. The van der Waals surface area contributed by atoms with Gasteiger partial charge in [0.2, 0.25) is 10.0 Å². The van der Waals surface area contributed by atoms with Gasteiger partial charge in [0.05, 0.1) is 18.1 Å².